The molecule has 0 aromatic heterocycles. The molecule has 1 fully saturated rings. The standard InChI is InChI=1S/C14H28N2O3/c1-10(2)11(3)15-13(18)7-16-6-12(8-17)19-14(4,5)9-16/h10-12,17H,6-9H2,1-5H3,(H,15,18). The minimum absolute atomic E-state index is 0.00997. The molecule has 112 valence electrons. The second kappa shape index (κ2) is 6.68. The van der Waals surface area contributed by atoms with Crippen LogP contribution in [0.3, 0.4) is 0 Å². The number of aliphatic hydroxyl groups is 1. The molecule has 0 aromatic carbocycles. The Morgan fingerprint density at radius 1 is 1.47 bits per heavy atom. The average molecular weight is 272 g/mol. The van der Waals surface area contributed by atoms with Crippen molar-refractivity contribution in [3.63, 3.8) is 0 Å². The minimum atomic E-state index is -0.324. The van der Waals surface area contributed by atoms with Crippen LogP contribution in [-0.4, -0.2) is 59.9 Å². The zero-order valence-corrected chi connectivity index (χ0v) is 12.8. The van der Waals surface area contributed by atoms with Crippen molar-refractivity contribution in [3.8, 4) is 0 Å². The van der Waals surface area contributed by atoms with Crippen LogP contribution in [0.5, 0.6) is 0 Å². The molecule has 0 saturated carbocycles. The molecule has 1 aliphatic rings. The molecule has 1 heterocycles. The number of hydrogen-bond donors (Lipinski definition) is 2. The normalized spacial score (nSPS) is 25.3. The van der Waals surface area contributed by atoms with E-state index < -0.39 is 0 Å². The van der Waals surface area contributed by atoms with Crippen molar-refractivity contribution < 1.29 is 14.6 Å². The molecule has 1 amide bonds. The highest BCUT2D eigenvalue weighted by atomic mass is 16.5. The Kier molecular flexibility index (Phi) is 5.77. The van der Waals surface area contributed by atoms with Gasteiger partial charge in [0.1, 0.15) is 0 Å². The van der Waals surface area contributed by atoms with Crippen molar-refractivity contribution in [2.45, 2.75) is 52.4 Å². The number of aliphatic hydroxyl groups excluding tert-OH is 1. The Balaban J connectivity index is 2.49. The van der Waals surface area contributed by atoms with E-state index in [1.807, 2.05) is 25.7 Å². The molecule has 2 N–H and O–H groups in total. The number of morpholine rings is 1. The summed E-state index contributed by atoms with van der Waals surface area (Å²) >= 11 is 0. The number of ether oxygens (including phenoxy) is 1. The third kappa shape index (κ3) is 5.47. The van der Waals surface area contributed by atoms with Crippen LogP contribution in [0.15, 0.2) is 0 Å². The smallest absolute Gasteiger partial charge is 0.234 e. The lowest BCUT2D eigenvalue weighted by atomic mass is 10.0. The SMILES string of the molecule is CC(C)C(C)NC(=O)CN1CC(CO)OC(C)(C)C1. The molecule has 19 heavy (non-hydrogen) atoms. The molecule has 0 spiro atoms. The predicted molar refractivity (Wildman–Crippen MR) is 74.9 cm³/mol. The van der Waals surface area contributed by atoms with Gasteiger partial charge in [0.2, 0.25) is 5.91 Å². The number of amides is 1. The number of carbonyl (C=O) groups excluding carboxylic acids is 1. The molecule has 1 rings (SSSR count). The minimum Gasteiger partial charge on any atom is -0.394 e. The van der Waals surface area contributed by atoms with Gasteiger partial charge in [-0.25, -0.2) is 0 Å². The number of nitrogens with one attached hydrogen (secondary N) is 1. The molecule has 0 bridgehead atoms. The maximum Gasteiger partial charge on any atom is 0.234 e. The van der Waals surface area contributed by atoms with Crippen LogP contribution in [0.25, 0.3) is 0 Å². The summed E-state index contributed by atoms with van der Waals surface area (Å²) < 4.78 is 5.73. The molecule has 5 heteroatoms. The van der Waals surface area contributed by atoms with Crippen LogP contribution in [0, 0.1) is 5.92 Å². The number of rotatable bonds is 5. The van der Waals surface area contributed by atoms with E-state index in [1.165, 1.54) is 0 Å². The van der Waals surface area contributed by atoms with Gasteiger partial charge in [0.05, 0.1) is 24.9 Å². The third-order valence-corrected chi connectivity index (χ3v) is 3.51. The fourth-order valence-electron chi connectivity index (χ4n) is 2.30. The van der Waals surface area contributed by atoms with Gasteiger partial charge < -0.3 is 15.2 Å². The predicted octanol–water partition coefficient (Wildman–Crippen LogP) is 0.619. The summed E-state index contributed by atoms with van der Waals surface area (Å²) in [7, 11) is 0. The number of nitrogens with zero attached hydrogens (tertiary/aromatic N) is 1. The van der Waals surface area contributed by atoms with E-state index in [1.54, 1.807) is 0 Å². The summed E-state index contributed by atoms with van der Waals surface area (Å²) in [5.74, 6) is 0.464. The van der Waals surface area contributed by atoms with Crippen LogP contribution in [-0.2, 0) is 9.53 Å². The zero-order valence-electron chi connectivity index (χ0n) is 12.8. The molecule has 0 aromatic rings. The second-order valence-corrected chi connectivity index (χ2v) is 6.45. The van der Waals surface area contributed by atoms with Crippen molar-refractivity contribution in [1.29, 1.82) is 0 Å². The highest BCUT2D eigenvalue weighted by Crippen LogP contribution is 2.20. The topological polar surface area (TPSA) is 61.8 Å². The van der Waals surface area contributed by atoms with E-state index in [-0.39, 0.29) is 30.3 Å². The van der Waals surface area contributed by atoms with Gasteiger partial charge in [-0.15, -0.1) is 0 Å². The van der Waals surface area contributed by atoms with Gasteiger partial charge >= 0.3 is 0 Å². The van der Waals surface area contributed by atoms with Crippen molar-refractivity contribution >= 4 is 5.91 Å². The third-order valence-electron chi connectivity index (χ3n) is 3.51. The van der Waals surface area contributed by atoms with Gasteiger partial charge in [0, 0.05) is 19.1 Å². The van der Waals surface area contributed by atoms with Crippen LogP contribution >= 0.6 is 0 Å². The average Bonchev–Trinajstić information content (AvgIpc) is 2.26. The van der Waals surface area contributed by atoms with Gasteiger partial charge in [-0.05, 0) is 26.7 Å². The quantitative estimate of drug-likeness (QED) is 0.770. The first-order valence-electron chi connectivity index (χ1n) is 7.04. The van der Waals surface area contributed by atoms with E-state index >= 15 is 0 Å². The Morgan fingerprint density at radius 2 is 2.11 bits per heavy atom. The lowest BCUT2D eigenvalue weighted by Gasteiger charge is -2.42. The molecule has 0 aliphatic carbocycles. The highest BCUT2D eigenvalue weighted by molar-refractivity contribution is 5.78. The molecular weight excluding hydrogens is 244 g/mol. The summed E-state index contributed by atoms with van der Waals surface area (Å²) in [4.78, 5) is 14.0. The van der Waals surface area contributed by atoms with Gasteiger partial charge in [0.25, 0.3) is 0 Å². The van der Waals surface area contributed by atoms with Crippen LogP contribution in [0.1, 0.15) is 34.6 Å². The summed E-state index contributed by atoms with van der Waals surface area (Å²) in [6, 6.07) is 0.176. The summed E-state index contributed by atoms with van der Waals surface area (Å²) in [5.41, 5.74) is -0.324. The summed E-state index contributed by atoms with van der Waals surface area (Å²) in [5, 5.41) is 12.2. The first-order chi connectivity index (χ1) is 8.73. The molecular formula is C14H28N2O3. The molecule has 0 radical (unpaired) electrons. The fraction of sp³-hybridized carbons (Fsp3) is 0.929. The van der Waals surface area contributed by atoms with Crippen molar-refractivity contribution in [1.82, 2.24) is 10.2 Å². The molecule has 2 atom stereocenters. The molecule has 5 nitrogen and oxygen atoms in total. The Labute approximate surface area is 116 Å². The van der Waals surface area contributed by atoms with E-state index in [0.717, 1.165) is 0 Å². The van der Waals surface area contributed by atoms with Crippen LogP contribution in [0.4, 0.5) is 0 Å². The lowest BCUT2D eigenvalue weighted by molar-refractivity contribution is -0.153. The van der Waals surface area contributed by atoms with Gasteiger partial charge in [-0.2, -0.15) is 0 Å². The van der Waals surface area contributed by atoms with Gasteiger partial charge in [-0.3, -0.25) is 9.69 Å². The van der Waals surface area contributed by atoms with E-state index in [9.17, 15) is 9.90 Å². The largest absolute Gasteiger partial charge is 0.394 e. The Bertz CT molecular complexity index is 305. The van der Waals surface area contributed by atoms with Gasteiger partial charge in [0.15, 0.2) is 0 Å². The summed E-state index contributed by atoms with van der Waals surface area (Å²) in [6.45, 7) is 11.8. The van der Waals surface area contributed by atoms with Crippen molar-refractivity contribution in [3.05, 3.63) is 0 Å². The maximum absolute atomic E-state index is 12.0. The molecule has 1 saturated heterocycles. The Morgan fingerprint density at radius 3 is 2.63 bits per heavy atom. The lowest BCUT2D eigenvalue weighted by Crippen LogP contribution is -2.56. The van der Waals surface area contributed by atoms with E-state index in [0.29, 0.717) is 25.6 Å². The van der Waals surface area contributed by atoms with Crippen molar-refractivity contribution in [2.24, 2.45) is 5.92 Å². The van der Waals surface area contributed by atoms with Gasteiger partial charge in [-0.1, -0.05) is 13.8 Å². The number of carbonyl (C=O) groups is 1. The monoisotopic (exact) mass is 272 g/mol. The van der Waals surface area contributed by atoms with Crippen LogP contribution < -0.4 is 5.32 Å². The second-order valence-electron chi connectivity index (χ2n) is 6.45. The number of hydrogen-bond acceptors (Lipinski definition) is 4. The Hall–Kier alpha value is -0.650. The van der Waals surface area contributed by atoms with E-state index in [4.69, 9.17) is 4.74 Å². The summed E-state index contributed by atoms with van der Waals surface area (Å²) in [6.07, 6.45) is -0.209. The van der Waals surface area contributed by atoms with E-state index in [2.05, 4.69) is 19.2 Å². The highest BCUT2D eigenvalue weighted by Gasteiger charge is 2.33. The maximum atomic E-state index is 12.0. The molecule has 1 aliphatic heterocycles. The molecule has 2 unspecified atom stereocenters. The first-order valence-corrected chi connectivity index (χ1v) is 7.04. The van der Waals surface area contributed by atoms with Crippen molar-refractivity contribution in [2.75, 3.05) is 26.2 Å². The zero-order chi connectivity index (χ0) is 14.6. The van der Waals surface area contributed by atoms with Crippen LogP contribution in [0.2, 0.25) is 0 Å². The first kappa shape index (κ1) is 16.4. The fourth-order valence-corrected chi connectivity index (χ4v) is 2.30.